The molecule has 2 aromatic rings. The number of hydrogen-bond acceptors (Lipinski definition) is 4. The maximum Gasteiger partial charge on any atom is 0.251 e. The third-order valence-corrected chi connectivity index (χ3v) is 6.37. The lowest BCUT2D eigenvalue weighted by Gasteiger charge is -2.18. The van der Waals surface area contributed by atoms with Gasteiger partial charge in [0.15, 0.2) is 9.84 Å². The van der Waals surface area contributed by atoms with E-state index >= 15 is 0 Å². The Morgan fingerprint density at radius 1 is 1.04 bits per heavy atom. The topological polar surface area (TPSA) is 66.5 Å². The molecule has 1 aliphatic heterocycles. The van der Waals surface area contributed by atoms with Crippen molar-refractivity contribution in [3.8, 4) is 0 Å². The van der Waals surface area contributed by atoms with E-state index in [-0.39, 0.29) is 16.8 Å². The molecule has 150 valence electrons. The van der Waals surface area contributed by atoms with Crippen LogP contribution in [0.1, 0.15) is 53.7 Å². The van der Waals surface area contributed by atoms with Gasteiger partial charge in [0.1, 0.15) is 0 Å². The molecule has 0 radical (unpaired) electrons. The van der Waals surface area contributed by atoms with Gasteiger partial charge in [-0.05, 0) is 67.7 Å². The van der Waals surface area contributed by atoms with Crippen molar-refractivity contribution >= 4 is 15.7 Å². The number of likely N-dealkylation sites (tertiary alicyclic amines) is 1. The first-order valence-electron chi connectivity index (χ1n) is 9.79. The van der Waals surface area contributed by atoms with Gasteiger partial charge < -0.3 is 5.32 Å². The largest absolute Gasteiger partial charge is 0.345 e. The summed E-state index contributed by atoms with van der Waals surface area (Å²) >= 11 is 0. The molecule has 1 N–H and O–H groups in total. The zero-order chi connectivity index (χ0) is 20.1. The molecule has 1 saturated heterocycles. The normalized spacial score (nSPS) is 16.1. The average Bonchev–Trinajstić information content (AvgIpc) is 3.19. The molecule has 28 heavy (non-hydrogen) atoms. The Morgan fingerprint density at radius 3 is 2.18 bits per heavy atom. The minimum atomic E-state index is -3.22. The Bertz CT molecular complexity index is 900. The van der Waals surface area contributed by atoms with E-state index in [4.69, 9.17) is 0 Å². The quantitative estimate of drug-likeness (QED) is 0.772. The molecular weight excluding hydrogens is 372 g/mol. The lowest BCUT2D eigenvalue weighted by atomic mass is 10.0. The molecule has 1 heterocycles. The molecule has 2 aromatic carbocycles. The summed E-state index contributed by atoms with van der Waals surface area (Å²) in [4.78, 5) is 15.4. The molecule has 0 aliphatic carbocycles. The van der Waals surface area contributed by atoms with E-state index in [9.17, 15) is 13.2 Å². The number of nitrogens with zero attached hydrogens (tertiary/aromatic N) is 1. The third-order valence-electron chi connectivity index (χ3n) is 5.25. The fraction of sp³-hybridized carbons (Fsp3) is 0.409. The van der Waals surface area contributed by atoms with E-state index in [2.05, 4.69) is 10.2 Å². The van der Waals surface area contributed by atoms with E-state index in [0.29, 0.717) is 5.56 Å². The fourth-order valence-electron chi connectivity index (χ4n) is 3.57. The molecule has 1 fully saturated rings. The van der Waals surface area contributed by atoms with Crippen molar-refractivity contribution in [3.63, 3.8) is 0 Å². The van der Waals surface area contributed by atoms with Gasteiger partial charge in [-0.1, -0.05) is 31.2 Å². The second-order valence-corrected chi connectivity index (χ2v) is 9.47. The number of rotatable bonds is 7. The number of carbonyl (C=O) groups excluding carboxylic acids is 1. The van der Waals surface area contributed by atoms with Crippen LogP contribution in [-0.2, 0) is 16.4 Å². The van der Waals surface area contributed by atoms with E-state index in [1.165, 1.54) is 24.7 Å². The molecule has 1 aliphatic rings. The Kier molecular flexibility index (Phi) is 6.52. The van der Waals surface area contributed by atoms with Gasteiger partial charge in [0.05, 0.1) is 10.9 Å². The molecule has 3 rings (SSSR count). The summed E-state index contributed by atoms with van der Waals surface area (Å²) in [6.07, 6.45) is 4.44. The highest BCUT2D eigenvalue weighted by atomic mass is 32.2. The van der Waals surface area contributed by atoms with Gasteiger partial charge in [-0.3, -0.25) is 9.69 Å². The predicted molar refractivity (Wildman–Crippen MR) is 111 cm³/mol. The highest BCUT2D eigenvalue weighted by Gasteiger charge is 2.16. The predicted octanol–water partition coefficient (Wildman–Crippen LogP) is 3.57. The van der Waals surface area contributed by atoms with Crippen LogP contribution in [-0.4, -0.2) is 38.6 Å². The summed E-state index contributed by atoms with van der Waals surface area (Å²) < 4.78 is 23.2. The number of nitrogens with one attached hydrogen (secondary N) is 1. The fourth-order valence-corrected chi connectivity index (χ4v) is 4.20. The summed E-state index contributed by atoms with van der Waals surface area (Å²) in [5.74, 6) is -0.119. The Morgan fingerprint density at radius 2 is 1.64 bits per heavy atom. The second-order valence-electron chi connectivity index (χ2n) is 7.46. The summed E-state index contributed by atoms with van der Waals surface area (Å²) in [5.41, 5.74) is 2.76. The van der Waals surface area contributed by atoms with Crippen molar-refractivity contribution in [3.05, 3.63) is 65.2 Å². The van der Waals surface area contributed by atoms with E-state index in [1.54, 1.807) is 24.3 Å². The zero-order valence-electron chi connectivity index (χ0n) is 16.5. The SMILES string of the molecule is CC[C@H](NC(=O)c1ccc(CN2CCCC2)cc1)c1ccc(S(C)(=O)=O)cc1. The molecule has 0 spiro atoms. The zero-order valence-corrected chi connectivity index (χ0v) is 17.3. The van der Waals surface area contributed by atoms with E-state index in [1.807, 2.05) is 31.2 Å². The minimum Gasteiger partial charge on any atom is -0.345 e. The van der Waals surface area contributed by atoms with Crippen molar-refractivity contribution in [2.75, 3.05) is 19.3 Å². The van der Waals surface area contributed by atoms with Crippen molar-refractivity contribution in [1.29, 1.82) is 0 Å². The molecule has 1 amide bonds. The monoisotopic (exact) mass is 400 g/mol. The Labute approximate surface area is 167 Å². The number of sulfone groups is 1. The highest BCUT2D eigenvalue weighted by Crippen LogP contribution is 2.20. The maximum atomic E-state index is 12.7. The van der Waals surface area contributed by atoms with Crippen molar-refractivity contribution in [1.82, 2.24) is 10.2 Å². The molecular formula is C22H28N2O3S. The van der Waals surface area contributed by atoms with Crippen LogP contribution in [0.2, 0.25) is 0 Å². The highest BCUT2D eigenvalue weighted by molar-refractivity contribution is 7.90. The molecule has 0 saturated carbocycles. The van der Waals surface area contributed by atoms with Gasteiger partial charge in [0.25, 0.3) is 5.91 Å². The van der Waals surface area contributed by atoms with Crippen LogP contribution in [0.5, 0.6) is 0 Å². The first-order valence-corrected chi connectivity index (χ1v) is 11.7. The number of benzene rings is 2. The van der Waals surface area contributed by atoms with Gasteiger partial charge in [-0.2, -0.15) is 0 Å². The van der Waals surface area contributed by atoms with E-state index < -0.39 is 9.84 Å². The van der Waals surface area contributed by atoms with Gasteiger partial charge in [0, 0.05) is 18.4 Å². The minimum absolute atomic E-state index is 0.119. The first-order chi connectivity index (χ1) is 13.4. The average molecular weight is 401 g/mol. The lowest BCUT2D eigenvalue weighted by Crippen LogP contribution is -2.28. The van der Waals surface area contributed by atoms with Gasteiger partial charge in [0.2, 0.25) is 0 Å². The maximum absolute atomic E-state index is 12.7. The second kappa shape index (κ2) is 8.88. The smallest absolute Gasteiger partial charge is 0.251 e. The lowest BCUT2D eigenvalue weighted by molar-refractivity contribution is 0.0935. The summed E-state index contributed by atoms with van der Waals surface area (Å²) in [6.45, 7) is 5.23. The van der Waals surface area contributed by atoms with Gasteiger partial charge in [-0.25, -0.2) is 8.42 Å². The van der Waals surface area contributed by atoms with Crippen LogP contribution in [0.4, 0.5) is 0 Å². The van der Waals surface area contributed by atoms with Crippen LogP contribution < -0.4 is 5.32 Å². The van der Waals surface area contributed by atoms with Crippen LogP contribution in [0.15, 0.2) is 53.4 Å². The Balaban J connectivity index is 1.64. The van der Waals surface area contributed by atoms with Crippen molar-refractivity contribution in [2.24, 2.45) is 0 Å². The third kappa shape index (κ3) is 5.20. The molecule has 0 unspecified atom stereocenters. The summed E-state index contributed by atoms with van der Waals surface area (Å²) in [7, 11) is -3.22. The van der Waals surface area contributed by atoms with Crippen molar-refractivity contribution < 1.29 is 13.2 Å². The van der Waals surface area contributed by atoms with Crippen LogP contribution in [0.25, 0.3) is 0 Å². The van der Waals surface area contributed by atoms with Gasteiger partial charge in [-0.15, -0.1) is 0 Å². The molecule has 5 nitrogen and oxygen atoms in total. The van der Waals surface area contributed by atoms with Crippen LogP contribution >= 0.6 is 0 Å². The molecule has 0 bridgehead atoms. The first kappa shape index (κ1) is 20.6. The van der Waals surface area contributed by atoms with Crippen molar-refractivity contribution in [2.45, 2.75) is 43.7 Å². The van der Waals surface area contributed by atoms with E-state index in [0.717, 1.165) is 31.6 Å². The van der Waals surface area contributed by atoms with Crippen LogP contribution in [0, 0.1) is 0 Å². The number of amides is 1. The molecule has 0 aromatic heterocycles. The number of hydrogen-bond donors (Lipinski definition) is 1. The standard InChI is InChI=1S/C22H28N2O3S/c1-3-21(18-10-12-20(13-11-18)28(2,26)27)23-22(25)19-8-6-17(7-9-19)16-24-14-4-5-15-24/h6-13,21H,3-5,14-16H2,1-2H3,(H,23,25)/t21-/m0/s1. The summed E-state index contributed by atoms with van der Waals surface area (Å²) in [6, 6.07) is 14.4. The molecule has 1 atom stereocenters. The Hall–Kier alpha value is -2.18. The number of carbonyl (C=O) groups is 1. The van der Waals surface area contributed by atoms with Crippen LogP contribution in [0.3, 0.4) is 0 Å². The summed E-state index contributed by atoms with van der Waals surface area (Å²) in [5, 5.41) is 3.05. The molecule has 6 heteroatoms. The van der Waals surface area contributed by atoms with Gasteiger partial charge >= 0.3 is 0 Å².